The van der Waals surface area contributed by atoms with Gasteiger partial charge in [0.2, 0.25) is 0 Å². The van der Waals surface area contributed by atoms with E-state index in [2.05, 4.69) is 11.8 Å². The molecule has 0 unspecified atom stereocenters. The topological polar surface area (TPSA) is 95.9 Å². The second-order valence-electron chi connectivity index (χ2n) is 12.7. The zero-order valence-electron chi connectivity index (χ0n) is 23.4. The van der Waals surface area contributed by atoms with Gasteiger partial charge in [-0.3, -0.25) is 9.69 Å². The second kappa shape index (κ2) is 8.59. The van der Waals surface area contributed by atoms with E-state index in [4.69, 9.17) is 28.4 Å². The Balaban J connectivity index is 1.68. The minimum absolute atomic E-state index is 0.0156. The number of fused-ring (bicyclic) bond motifs is 2. The molecule has 0 radical (unpaired) electrons. The lowest BCUT2D eigenvalue weighted by Gasteiger charge is -2.70. The maximum absolute atomic E-state index is 13.5. The van der Waals surface area contributed by atoms with Gasteiger partial charge in [-0.05, 0) is 31.7 Å². The van der Waals surface area contributed by atoms with Gasteiger partial charge in [0.15, 0.2) is 0 Å². The summed E-state index contributed by atoms with van der Waals surface area (Å²) in [6, 6.07) is -0.219. The van der Waals surface area contributed by atoms with Crippen molar-refractivity contribution < 1.29 is 38.3 Å². The number of aliphatic hydroxyl groups is 1. The van der Waals surface area contributed by atoms with Gasteiger partial charge in [0.05, 0.1) is 31.0 Å². The predicted octanol–water partition coefficient (Wildman–Crippen LogP) is 1.50. The lowest BCUT2D eigenvalue weighted by atomic mass is 9.42. The van der Waals surface area contributed by atoms with Crippen LogP contribution in [-0.4, -0.2) is 113 Å². The minimum Gasteiger partial charge on any atom is -0.462 e. The number of carbonyl (C=O) groups excluding carboxylic acids is 1. The van der Waals surface area contributed by atoms with Crippen LogP contribution in [0.4, 0.5) is 0 Å². The number of carbonyl (C=O) groups is 1. The smallest absolute Gasteiger partial charge is 0.302 e. The van der Waals surface area contributed by atoms with Gasteiger partial charge in [0, 0.05) is 84.0 Å². The van der Waals surface area contributed by atoms with Gasteiger partial charge in [-0.25, -0.2) is 0 Å². The number of likely N-dealkylation sites (N-methyl/N-ethyl adjacent to an activating group) is 1. The Labute approximate surface area is 220 Å². The summed E-state index contributed by atoms with van der Waals surface area (Å²) in [7, 11) is 8.75. The molecular weight excluding hydrogens is 478 g/mol. The number of piperidine rings is 1. The van der Waals surface area contributed by atoms with Crippen molar-refractivity contribution in [3.8, 4) is 0 Å². The van der Waals surface area contributed by atoms with E-state index < -0.39 is 28.8 Å². The van der Waals surface area contributed by atoms with Crippen molar-refractivity contribution in [3.05, 3.63) is 0 Å². The predicted molar refractivity (Wildman–Crippen MR) is 133 cm³/mol. The molecule has 5 saturated carbocycles. The third-order valence-electron chi connectivity index (χ3n) is 12.1. The van der Waals surface area contributed by atoms with Crippen LogP contribution in [0.25, 0.3) is 0 Å². The van der Waals surface area contributed by atoms with E-state index in [1.165, 1.54) is 6.92 Å². The van der Waals surface area contributed by atoms with Crippen molar-refractivity contribution in [1.29, 1.82) is 0 Å². The van der Waals surface area contributed by atoms with Gasteiger partial charge in [-0.2, -0.15) is 0 Å². The highest BCUT2D eigenvalue weighted by atomic mass is 16.6. The van der Waals surface area contributed by atoms with E-state index in [0.29, 0.717) is 13.0 Å². The Kier molecular flexibility index (Phi) is 6.13. The molecule has 5 aliphatic carbocycles. The van der Waals surface area contributed by atoms with Crippen LogP contribution in [0.2, 0.25) is 0 Å². The first-order chi connectivity index (χ1) is 17.7. The van der Waals surface area contributed by atoms with Gasteiger partial charge in [-0.1, -0.05) is 6.92 Å². The van der Waals surface area contributed by atoms with E-state index >= 15 is 0 Å². The lowest BCUT2D eigenvalue weighted by molar-refractivity contribution is -0.326. The monoisotopic (exact) mass is 523 g/mol. The average Bonchev–Trinajstić information content (AvgIpc) is 3.24. The molecule has 1 N–H and O–H groups in total. The van der Waals surface area contributed by atoms with Gasteiger partial charge >= 0.3 is 5.97 Å². The summed E-state index contributed by atoms with van der Waals surface area (Å²) in [5, 5.41) is 13.5. The van der Waals surface area contributed by atoms with E-state index in [0.717, 1.165) is 32.4 Å². The fourth-order valence-corrected chi connectivity index (χ4v) is 11.7. The summed E-state index contributed by atoms with van der Waals surface area (Å²) in [6.07, 6.45) is 2.07. The Morgan fingerprint density at radius 1 is 1.11 bits per heavy atom. The van der Waals surface area contributed by atoms with E-state index in [1.54, 1.807) is 28.4 Å². The van der Waals surface area contributed by atoms with Crippen LogP contribution in [0.5, 0.6) is 0 Å². The number of rotatable bonds is 8. The summed E-state index contributed by atoms with van der Waals surface area (Å²) in [6.45, 7) is 5.89. The number of esters is 1. The first kappa shape index (κ1) is 26.4. The fraction of sp³-hybridized carbons (Fsp3) is 0.964. The number of likely N-dealkylation sites (tertiary alicyclic amines) is 1. The molecule has 0 aromatic carbocycles. The van der Waals surface area contributed by atoms with Crippen LogP contribution in [0.1, 0.15) is 39.5 Å². The van der Waals surface area contributed by atoms with Crippen molar-refractivity contribution in [2.75, 3.05) is 55.2 Å². The normalized spacial score (nSPS) is 55.4. The fourth-order valence-electron chi connectivity index (χ4n) is 11.7. The van der Waals surface area contributed by atoms with Gasteiger partial charge in [-0.15, -0.1) is 0 Å². The number of ether oxygens (including phenoxy) is 6. The van der Waals surface area contributed by atoms with Crippen LogP contribution in [0, 0.1) is 34.5 Å². The molecule has 0 aromatic heterocycles. The van der Waals surface area contributed by atoms with Crippen molar-refractivity contribution in [2.24, 2.45) is 34.5 Å². The van der Waals surface area contributed by atoms with Gasteiger partial charge in [0.25, 0.3) is 0 Å². The second-order valence-corrected chi connectivity index (χ2v) is 12.7. The molecule has 0 aromatic rings. The Bertz CT molecular complexity index is 934. The highest BCUT2D eigenvalue weighted by Gasteiger charge is 2.92. The highest BCUT2D eigenvalue weighted by molar-refractivity contribution is 5.66. The van der Waals surface area contributed by atoms with E-state index in [-0.39, 0.29) is 53.3 Å². The van der Waals surface area contributed by atoms with Gasteiger partial charge < -0.3 is 33.5 Å². The first-order valence-electron chi connectivity index (χ1n) is 14.0. The molecule has 0 amide bonds. The van der Waals surface area contributed by atoms with Crippen molar-refractivity contribution >= 4 is 5.97 Å². The molecule has 7 bridgehead atoms. The number of methoxy groups -OCH3 is 5. The standard InChI is InChI=1S/C28H45NO8/c1-8-29-13-25(14-32-3)10-9-19(34-5)27-17-11-16-18(33-4)12-26(36-7,20(17)21(16)37-15(2)30)28(31,24(27)29)23(35-6)22(25)27/h16-24,31H,8-14H2,1-7H3/t16-,17-,18+,19-,20-,21+,22-,23+,24+,25+,26-,27+,28-/m1/s1. The van der Waals surface area contributed by atoms with Crippen molar-refractivity contribution in [3.63, 3.8) is 0 Å². The molecule has 210 valence electrons. The molecule has 6 aliphatic rings. The molecule has 6 fully saturated rings. The number of nitrogens with zero attached hydrogens (tertiary/aromatic N) is 1. The molecule has 1 aliphatic heterocycles. The molecule has 13 atom stereocenters. The molecule has 1 heterocycles. The number of hydrogen-bond acceptors (Lipinski definition) is 9. The first-order valence-corrected chi connectivity index (χ1v) is 14.0. The summed E-state index contributed by atoms with van der Waals surface area (Å²) >= 11 is 0. The van der Waals surface area contributed by atoms with E-state index in [1.807, 2.05) is 7.11 Å². The third-order valence-corrected chi connectivity index (χ3v) is 12.1. The lowest BCUT2D eigenvalue weighted by Crippen LogP contribution is -2.82. The number of hydrogen-bond donors (Lipinski definition) is 1. The molecule has 9 nitrogen and oxygen atoms in total. The van der Waals surface area contributed by atoms with Crippen LogP contribution >= 0.6 is 0 Å². The van der Waals surface area contributed by atoms with Crippen molar-refractivity contribution in [1.82, 2.24) is 4.90 Å². The average molecular weight is 524 g/mol. The maximum Gasteiger partial charge on any atom is 0.302 e. The molecule has 6 rings (SSSR count). The minimum atomic E-state index is -1.36. The zero-order chi connectivity index (χ0) is 26.5. The van der Waals surface area contributed by atoms with Crippen molar-refractivity contribution in [2.45, 2.75) is 81.2 Å². The summed E-state index contributed by atoms with van der Waals surface area (Å²) in [5.74, 6) is -0.332. The SMILES string of the molecule is CCN1C[C@]2(COC)CC[C@@H](OC)[C@@]34[C@@H]5C[C@H]6[C@H](OC(C)=O)[C@@H]5[C@](OC)(C[C@@H]6OC)[C@@](O)([C@@H](OC)[C@H]23)[C@@H]14. The summed E-state index contributed by atoms with van der Waals surface area (Å²) in [5.41, 5.74) is -2.96. The largest absolute Gasteiger partial charge is 0.462 e. The Morgan fingerprint density at radius 2 is 1.86 bits per heavy atom. The van der Waals surface area contributed by atoms with Crippen LogP contribution < -0.4 is 0 Å². The third kappa shape index (κ3) is 2.73. The molecule has 1 saturated heterocycles. The molecule has 9 heteroatoms. The highest BCUT2D eigenvalue weighted by Crippen LogP contribution is 2.81. The molecular formula is C28H45NO8. The van der Waals surface area contributed by atoms with Crippen LogP contribution in [0.3, 0.4) is 0 Å². The van der Waals surface area contributed by atoms with Gasteiger partial charge in [0.1, 0.15) is 17.3 Å². The van der Waals surface area contributed by atoms with Crippen LogP contribution in [0.15, 0.2) is 0 Å². The molecule has 37 heavy (non-hydrogen) atoms. The zero-order valence-corrected chi connectivity index (χ0v) is 23.4. The summed E-state index contributed by atoms with van der Waals surface area (Å²) < 4.78 is 37.6. The Morgan fingerprint density at radius 3 is 2.43 bits per heavy atom. The molecule has 1 spiro atoms. The maximum atomic E-state index is 13.5. The van der Waals surface area contributed by atoms with E-state index in [9.17, 15) is 9.90 Å². The summed E-state index contributed by atoms with van der Waals surface area (Å²) in [4.78, 5) is 14.9. The van der Waals surface area contributed by atoms with Crippen LogP contribution in [-0.2, 0) is 33.2 Å². The quantitative estimate of drug-likeness (QED) is 0.475. The Hall–Kier alpha value is -0.810.